The summed E-state index contributed by atoms with van der Waals surface area (Å²) in [6.45, 7) is -0.633. The van der Waals surface area contributed by atoms with Gasteiger partial charge in [-0.05, 0) is 18.8 Å². The van der Waals surface area contributed by atoms with Crippen LogP contribution in [-0.2, 0) is 0 Å². The van der Waals surface area contributed by atoms with E-state index in [9.17, 15) is 13.2 Å². The lowest BCUT2D eigenvalue weighted by atomic mass is 9.80. The molecule has 0 aromatic heterocycles. The minimum Gasteiger partial charge on any atom is -0.329 e. The van der Waals surface area contributed by atoms with Crippen molar-refractivity contribution in [1.82, 2.24) is 5.32 Å². The van der Waals surface area contributed by atoms with Crippen molar-refractivity contribution in [1.29, 1.82) is 0 Å². The van der Waals surface area contributed by atoms with Crippen LogP contribution in [0.3, 0.4) is 0 Å². The number of halogens is 3. The van der Waals surface area contributed by atoms with Gasteiger partial charge in [0.05, 0.1) is 6.54 Å². The summed E-state index contributed by atoms with van der Waals surface area (Å²) in [5.41, 5.74) is 5.38. The van der Waals surface area contributed by atoms with Gasteiger partial charge < -0.3 is 11.1 Å². The normalized spacial score (nSPS) is 21.2. The number of hydrogen-bond donors (Lipinski definition) is 2. The van der Waals surface area contributed by atoms with Crippen molar-refractivity contribution in [3.05, 3.63) is 0 Å². The molecule has 13 heavy (non-hydrogen) atoms. The van der Waals surface area contributed by atoms with Crippen LogP contribution in [0.5, 0.6) is 0 Å². The van der Waals surface area contributed by atoms with E-state index in [4.69, 9.17) is 5.73 Å². The van der Waals surface area contributed by atoms with Crippen LogP contribution in [0.1, 0.15) is 19.3 Å². The molecule has 0 aromatic carbocycles. The summed E-state index contributed by atoms with van der Waals surface area (Å²) in [6, 6.07) is -0.157. The Morgan fingerprint density at radius 2 is 2.00 bits per heavy atom. The van der Waals surface area contributed by atoms with Crippen molar-refractivity contribution in [2.75, 3.05) is 13.1 Å². The molecule has 1 atom stereocenters. The van der Waals surface area contributed by atoms with Gasteiger partial charge in [0.25, 0.3) is 0 Å². The summed E-state index contributed by atoms with van der Waals surface area (Å²) in [5.74, 6) is 0.354. The molecule has 1 unspecified atom stereocenters. The van der Waals surface area contributed by atoms with Crippen LogP contribution in [0.4, 0.5) is 13.2 Å². The van der Waals surface area contributed by atoms with E-state index in [2.05, 4.69) is 5.32 Å². The molecule has 1 aliphatic carbocycles. The van der Waals surface area contributed by atoms with Crippen LogP contribution in [-0.4, -0.2) is 25.3 Å². The quantitative estimate of drug-likeness (QED) is 0.710. The zero-order chi connectivity index (χ0) is 9.90. The summed E-state index contributed by atoms with van der Waals surface area (Å²) in [5, 5.41) is 2.46. The fourth-order valence-electron chi connectivity index (χ4n) is 1.53. The maximum absolute atomic E-state index is 11.8. The highest BCUT2D eigenvalue weighted by Crippen LogP contribution is 2.29. The first-order valence-corrected chi connectivity index (χ1v) is 4.53. The van der Waals surface area contributed by atoms with Crippen LogP contribution in [0.15, 0.2) is 0 Å². The fourth-order valence-corrected chi connectivity index (χ4v) is 1.53. The van der Waals surface area contributed by atoms with Crippen molar-refractivity contribution < 1.29 is 13.2 Å². The molecule has 0 radical (unpaired) electrons. The molecule has 0 aliphatic heterocycles. The molecule has 0 saturated heterocycles. The first-order chi connectivity index (χ1) is 6.03. The molecule has 1 fully saturated rings. The lowest BCUT2D eigenvalue weighted by Crippen LogP contribution is -2.47. The van der Waals surface area contributed by atoms with Crippen molar-refractivity contribution in [3.63, 3.8) is 0 Å². The number of rotatable bonds is 4. The van der Waals surface area contributed by atoms with Gasteiger partial charge in [-0.1, -0.05) is 6.42 Å². The minimum absolute atomic E-state index is 0.157. The topological polar surface area (TPSA) is 38.0 Å². The molecule has 3 N–H and O–H groups in total. The van der Waals surface area contributed by atoms with Gasteiger partial charge in [0.2, 0.25) is 0 Å². The van der Waals surface area contributed by atoms with Gasteiger partial charge in [0.15, 0.2) is 0 Å². The Kier molecular flexibility index (Phi) is 3.55. The molecule has 0 aromatic rings. The molecule has 78 valence electrons. The van der Waals surface area contributed by atoms with E-state index in [1.54, 1.807) is 0 Å². The highest BCUT2D eigenvalue weighted by Gasteiger charge is 2.31. The van der Waals surface area contributed by atoms with Gasteiger partial charge in [-0.15, -0.1) is 0 Å². The maximum Gasteiger partial charge on any atom is 0.401 e. The van der Waals surface area contributed by atoms with E-state index >= 15 is 0 Å². The Morgan fingerprint density at radius 3 is 2.31 bits per heavy atom. The van der Waals surface area contributed by atoms with Gasteiger partial charge in [-0.2, -0.15) is 13.2 Å². The maximum atomic E-state index is 11.8. The van der Waals surface area contributed by atoms with Gasteiger partial charge in [-0.25, -0.2) is 0 Å². The molecular weight excluding hydrogens is 181 g/mol. The second kappa shape index (κ2) is 4.28. The first kappa shape index (κ1) is 10.8. The third-order valence-electron chi connectivity index (χ3n) is 2.54. The molecule has 0 amide bonds. The van der Waals surface area contributed by atoms with E-state index in [0.29, 0.717) is 12.5 Å². The smallest absolute Gasteiger partial charge is 0.329 e. The number of alkyl halides is 3. The Morgan fingerprint density at radius 1 is 1.38 bits per heavy atom. The van der Waals surface area contributed by atoms with Crippen molar-refractivity contribution in [2.24, 2.45) is 11.7 Å². The number of nitrogens with one attached hydrogen (secondary N) is 1. The molecule has 1 saturated carbocycles. The third-order valence-corrected chi connectivity index (χ3v) is 2.54. The molecule has 5 heteroatoms. The van der Waals surface area contributed by atoms with E-state index < -0.39 is 12.7 Å². The highest BCUT2D eigenvalue weighted by atomic mass is 19.4. The lowest BCUT2D eigenvalue weighted by molar-refractivity contribution is -0.127. The molecule has 0 heterocycles. The SMILES string of the molecule is NCC(NCC(F)(F)F)C1CCC1. The standard InChI is InChI=1S/C8H15F3N2/c9-8(10,11)5-13-7(4-12)6-2-1-3-6/h6-7,13H,1-5,12H2. The minimum atomic E-state index is -4.13. The van der Waals surface area contributed by atoms with Gasteiger partial charge in [0, 0.05) is 12.6 Å². The zero-order valence-electron chi connectivity index (χ0n) is 7.40. The predicted molar refractivity (Wildman–Crippen MR) is 44.2 cm³/mol. The van der Waals surface area contributed by atoms with E-state index in [0.717, 1.165) is 19.3 Å². The Balaban J connectivity index is 2.23. The Labute approximate surface area is 75.7 Å². The summed E-state index contributed by atoms with van der Waals surface area (Å²) in [4.78, 5) is 0. The van der Waals surface area contributed by atoms with Crippen LogP contribution in [0, 0.1) is 5.92 Å². The summed E-state index contributed by atoms with van der Waals surface area (Å²) in [6.07, 6.45) is -0.995. The monoisotopic (exact) mass is 196 g/mol. The predicted octanol–water partition coefficient (Wildman–Crippen LogP) is 1.27. The zero-order valence-corrected chi connectivity index (χ0v) is 7.40. The van der Waals surface area contributed by atoms with Gasteiger partial charge in [-0.3, -0.25) is 0 Å². The lowest BCUT2D eigenvalue weighted by Gasteiger charge is -2.33. The van der Waals surface area contributed by atoms with E-state index in [1.165, 1.54) is 0 Å². The van der Waals surface area contributed by atoms with Crippen molar-refractivity contribution >= 4 is 0 Å². The molecule has 2 nitrogen and oxygen atoms in total. The Bertz CT molecular complexity index is 154. The first-order valence-electron chi connectivity index (χ1n) is 4.53. The number of nitrogens with two attached hydrogens (primary N) is 1. The largest absolute Gasteiger partial charge is 0.401 e. The molecule has 1 rings (SSSR count). The van der Waals surface area contributed by atoms with Gasteiger partial charge >= 0.3 is 6.18 Å². The second-order valence-corrected chi connectivity index (χ2v) is 3.53. The van der Waals surface area contributed by atoms with E-state index in [-0.39, 0.29) is 6.04 Å². The van der Waals surface area contributed by atoms with E-state index in [1.807, 2.05) is 0 Å². The second-order valence-electron chi connectivity index (χ2n) is 3.53. The number of hydrogen-bond acceptors (Lipinski definition) is 2. The highest BCUT2D eigenvalue weighted by molar-refractivity contribution is 4.83. The Hall–Kier alpha value is -0.290. The van der Waals surface area contributed by atoms with Crippen LogP contribution < -0.4 is 11.1 Å². The molecule has 0 bridgehead atoms. The molecule has 1 aliphatic rings. The van der Waals surface area contributed by atoms with Crippen molar-refractivity contribution in [2.45, 2.75) is 31.5 Å². The fraction of sp³-hybridized carbons (Fsp3) is 1.00. The summed E-state index contributed by atoms with van der Waals surface area (Å²) in [7, 11) is 0. The molecular formula is C8H15F3N2. The average molecular weight is 196 g/mol. The molecule has 0 spiro atoms. The average Bonchev–Trinajstić information content (AvgIpc) is 1.91. The van der Waals surface area contributed by atoms with Crippen molar-refractivity contribution in [3.8, 4) is 0 Å². The summed E-state index contributed by atoms with van der Waals surface area (Å²) >= 11 is 0. The summed E-state index contributed by atoms with van der Waals surface area (Å²) < 4.78 is 35.5. The van der Waals surface area contributed by atoms with Crippen LogP contribution in [0.2, 0.25) is 0 Å². The van der Waals surface area contributed by atoms with Crippen LogP contribution >= 0.6 is 0 Å². The van der Waals surface area contributed by atoms with Crippen LogP contribution in [0.25, 0.3) is 0 Å². The third kappa shape index (κ3) is 3.52. The van der Waals surface area contributed by atoms with Gasteiger partial charge in [0.1, 0.15) is 0 Å².